The summed E-state index contributed by atoms with van der Waals surface area (Å²) in [6.07, 6.45) is 2.61. The van der Waals surface area contributed by atoms with Crippen LogP contribution in [0, 0.1) is 0 Å². The van der Waals surface area contributed by atoms with Crippen molar-refractivity contribution in [2.24, 2.45) is 0 Å². The Morgan fingerprint density at radius 1 is 1.45 bits per heavy atom. The van der Waals surface area contributed by atoms with Crippen LogP contribution < -0.4 is 5.73 Å². The van der Waals surface area contributed by atoms with Gasteiger partial charge in [0, 0.05) is 18.7 Å². The first-order chi connectivity index (χ1) is 10.3. The van der Waals surface area contributed by atoms with Crippen LogP contribution in [0.2, 0.25) is 0 Å². The minimum absolute atomic E-state index is 0.137. The molecule has 1 aliphatic carbocycles. The standard InChI is InChI=1S/C13H20N4O4S/c1-3-7-16(4-2)22(20,21)17-11-6-5-9(12(18)19)8-10(11)15-13(17)14/h8H,3-7H2,1-2H3,(H2,14,15)(H,18,19). The van der Waals surface area contributed by atoms with Crippen molar-refractivity contribution in [1.29, 1.82) is 0 Å². The van der Waals surface area contributed by atoms with Crippen LogP contribution in [-0.2, 0) is 21.4 Å². The largest absolute Gasteiger partial charge is 0.478 e. The highest BCUT2D eigenvalue weighted by Crippen LogP contribution is 2.28. The number of hydrogen-bond acceptors (Lipinski definition) is 5. The number of hydrogen-bond donors (Lipinski definition) is 2. The Balaban J connectivity index is 2.53. The Kier molecular flexibility index (Phi) is 4.57. The lowest BCUT2D eigenvalue weighted by Gasteiger charge is -2.22. The molecule has 0 saturated carbocycles. The van der Waals surface area contributed by atoms with E-state index >= 15 is 0 Å². The molecular weight excluding hydrogens is 308 g/mol. The predicted octanol–water partition coefficient (Wildman–Crippen LogP) is 0.704. The highest BCUT2D eigenvalue weighted by atomic mass is 32.2. The number of fused-ring (bicyclic) bond motifs is 1. The number of nitrogen functional groups attached to an aromatic ring is 1. The molecule has 1 aliphatic rings. The number of nitrogens with two attached hydrogens (primary N) is 1. The minimum Gasteiger partial charge on any atom is -0.478 e. The number of imidazole rings is 1. The van der Waals surface area contributed by atoms with Gasteiger partial charge in [-0.25, -0.2) is 9.78 Å². The van der Waals surface area contributed by atoms with Crippen molar-refractivity contribution in [2.75, 3.05) is 18.8 Å². The number of carboxylic acids is 1. The number of aliphatic carboxylic acids is 1. The van der Waals surface area contributed by atoms with Gasteiger partial charge in [-0.15, -0.1) is 0 Å². The second-order valence-corrected chi connectivity index (χ2v) is 6.82. The molecule has 1 aromatic heterocycles. The summed E-state index contributed by atoms with van der Waals surface area (Å²) >= 11 is 0. The van der Waals surface area contributed by atoms with Crippen molar-refractivity contribution in [3.8, 4) is 0 Å². The molecule has 2 rings (SSSR count). The van der Waals surface area contributed by atoms with E-state index in [0.29, 0.717) is 30.9 Å². The third kappa shape index (κ3) is 2.73. The lowest BCUT2D eigenvalue weighted by atomic mass is 10.0. The monoisotopic (exact) mass is 328 g/mol. The van der Waals surface area contributed by atoms with Gasteiger partial charge < -0.3 is 10.8 Å². The second-order valence-electron chi connectivity index (χ2n) is 5.04. The third-order valence-electron chi connectivity index (χ3n) is 3.58. The maximum Gasteiger partial charge on any atom is 0.331 e. The number of rotatable bonds is 6. The maximum atomic E-state index is 12.8. The van der Waals surface area contributed by atoms with Crippen LogP contribution >= 0.6 is 0 Å². The van der Waals surface area contributed by atoms with Gasteiger partial charge in [-0.2, -0.15) is 16.7 Å². The summed E-state index contributed by atoms with van der Waals surface area (Å²) in [7, 11) is -3.79. The quantitative estimate of drug-likeness (QED) is 0.793. The first kappa shape index (κ1) is 16.5. The van der Waals surface area contributed by atoms with E-state index in [1.807, 2.05) is 6.92 Å². The van der Waals surface area contributed by atoms with Gasteiger partial charge in [0.2, 0.25) is 5.95 Å². The molecule has 9 heteroatoms. The van der Waals surface area contributed by atoms with Gasteiger partial charge in [-0.05, 0) is 25.3 Å². The zero-order valence-electron chi connectivity index (χ0n) is 12.6. The number of carboxylic acid groups (broad SMARTS) is 1. The Morgan fingerprint density at radius 3 is 2.68 bits per heavy atom. The molecule has 0 bridgehead atoms. The summed E-state index contributed by atoms with van der Waals surface area (Å²) in [5.74, 6) is -1.16. The van der Waals surface area contributed by atoms with Crippen LogP contribution in [0.3, 0.4) is 0 Å². The third-order valence-corrected chi connectivity index (χ3v) is 5.55. The van der Waals surface area contributed by atoms with Crippen LogP contribution in [0.1, 0.15) is 38.1 Å². The van der Waals surface area contributed by atoms with Gasteiger partial charge in [-0.1, -0.05) is 13.8 Å². The summed E-state index contributed by atoms with van der Waals surface area (Å²) < 4.78 is 27.9. The lowest BCUT2D eigenvalue weighted by molar-refractivity contribution is -0.132. The molecule has 0 saturated heterocycles. The van der Waals surface area contributed by atoms with Gasteiger partial charge in [0.15, 0.2) is 0 Å². The zero-order chi connectivity index (χ0) is 16.5. The average molecular weight is 328 g/mol. The number of carbonyl (C=O) groups is 1. The molecule has 1 heterocycles. The molecule has 3 N–H and O–H groups in total. The van der Waals surface area contributed by atoms with Crippen molar-refractivity contribution in [3.05, 3.63) is 17.0 Å². The van der Waals surface area contributed by atoms with Crippen molar-refractivity contribution >= 4 is 28.2 Å². The van der Waals surface area contributed by atoms with Gasteiger partial charge >= 0.3 is 16.2 Å². The van der Waals surface area contributed by atoms with E-state index in [4.69, 9.17) is 10.8 Å². The normalized spacial score (nSPS) is 14.8. The molecule has 0 aliphatic heterocycles. The van der Waals surface area contributed by atoms with E-state index in [2.05, 4.69) is 4.98 Å². The van der Waals surface area contributed by atoms with Crippen LogP contribution in [-0.4, -0.2) is 45.8 Å². The molecular formula is C13H20N4O4S. The highest BCUT2D eigenvalue weighted by Gasteiger charge is 2.31. The van der Waals surface area contributed by atoms with E-state index in [1.165, 1.54) is 10.4 Å². The van der Waals surface area contributed by atoms with Crippen molar-refractivity contribution < 1.29 is 18.3 Å². The van der Waals surface area contributed by atoms with Crippen molar-refractivity contribution in [3.63, 3.8) is 0 Å². The number of anilines is 1. The summed E-state index contributed by atoms with van der Waals surface area (Å²) in [4.78, 5) is 15.1. The molecule has 0 aromatic carbocycles. The van der Waals surface area contributed by atoms with E-state index in [1.54, 1.807) is 6.92 Å². The van der Waals surface area contributed by atoms with E-state index in [0.717, 1.165) is 3.97 Å². The van der Waals surface area contributed by atoms with Crippen LogP contribution in [0.15, 0.2) is 5.57 Å². The second kappa shape index (κ2) is 6.09. The summed E-state index contributed by atoms with van der Waals surface area (Å²) in [6, 6.07) is 0. The minimum atomic E-state index is -3.79. The molecule has 0 atom stereocenters. The Morgan fingerprint density at radius 2 is 2.14 bits per heavy atom. The fourth-order valence-electron chi connectivity index (χ4n) is 2.54. The molecule has 0 radical (unpaired) electrons. The Labute approximate surface area is 129 Å². The van der Waals surface area contributed by atoms with Crippen LogP contribution in [0.25, 0.3) is 6.08 Å². The van der Waals surface area contributed by atoms with E-state index in [-0.39, 0.29) is 24.4 Å². The fourth-order valence-corrected chi connectivity index (χ4v) is 4.25. The fraction of sp³-hybridized carbons (Fsp3) is 0.538. The predicted molar refractivity (Wildman–Crippen MR) is 82.4 cm³/mol. The SMILES string of the molecule is CCCN(CC)S(=O)(=O)n1c(N)nc2c1CCC(C(=O)O)=C2. The molecule has 0 fully saturated rings. The Bertz CT molecular complexity index is 721. The molecule has 0 spiro atoms. The van der Waals surface area contributed by atoms with Crippen molar-refractivity contribution in [2.45, 2.75) is 33.1 Å². The molecule has 1 aromatic rings. The summed E-state index contributed by atoms with van der Waals surface area (Å²) in [6.45, 7) is 4.38. The first-order valence-electron chi connectivity index (χ1n) is 7.14. The molecule has 22 heavy (non-hydrogen) atoms. The van der Waals surface area contributed by atoms with Gasteiger partial charge in [0.1, 0.15) is 0 Å². The average Bonchev–Trinajstić information content (AvgIpc) is 2.79. The van der Waals surface area contributed by atoms with Gasteiger partial charge in [0.25, 0.3) is 0 Å². The molecule has 0 unspecified atom stereocenters. The molecule has 122 valence electrons. The smallest absolute Gasteiger partial charge is 0.331 e. The van der Waals surface area contributed by atoms with Crippen LogP contribution in [0.5, 0.6) is 0 Å². The Hall–Kier alpha value is -1.87. The zero-order valence-corrected chi connectivity index (χ0v) is 13.4. The molecule has 0 amide bonds. The highest BCUT2D eigenvalue weighted by molar-refractivity contribution is 7.87. The summed E-state index contributed by atoms with van der Waals surface area (Å²) in [5, 5.41) is 9.04. The van der Waals surface area contributed by atoms with Gasteiger partial charge in [0.05, 0.1) is 11.4 Å². The van der Waals surface area contributed by atoms with Gasteiger partial charge in [-0.3, -0.25) is 0 Å². The molecule has 8 nitrogen and oxygen atoms in total. The maximum absolute atomic E-state index is 12.8. The number of aromatic nitrogens is 2. The van der Waals surface area contributed by atoms with E-state index in [9.17, 15) is 13.2 Å². The number of nitrogens with zero attached hydrogens (tertiary/aromatic N) is 3. The first-order valence-corrected chi connectivity index (χ1v) is 8.54. The van der Waals surface area contributed by atoms with E-state index < -0.39 is 16.2 Å². The lowest BCUT2D eigenvalue weighted by Crippen LogP contribution is -2.37. The van der Waals surface area contributed by atoms with Crippen LogP contribution in [0.4, 0.5) is 5.95 Å². The topological polar surface area (TPSA) is 119 Å². The van der Waals surface area contributed by atoms with Crippen molar-refractivity contribution in [1.82, 2.24) is 13.3 Å². The summed E-state index contributed by atoms with van der Waals surface area (Å²) in [5.41, 5.74) is 6.75.